The molecule has 1 amide bonds. The minimum atomic E-state index is -3.98. The van der Waals surface area contributed by atoms with E-state index in [1.165, 1.54) is 30.3 Å². The number of ether oxygens (including phenoxy) is 1. The molecule has 0 saturated heterocycles. The van der Waals surface area contributed by atoms with Gasteiger partial charge in [-0.1, -0.05) is 18.2 Å². The molecule has 2 aromatic carbocycles. The maximum absolute atomic E-state index is 12.4. The van der Waals surface area contributed by atoms with Gasteiger partial charge in [0.2, 0.25) is 10.0 Å². The van der Waals surface area contributed by atoms with E-state index in [1.54, 1.807) is 19.9 Å². The molecule has 26 heavy (non-hydrogen) atoms. The van der Waals surface area contributed by atoms with Crippen LogP contribution in [0.3, 0.4) is 0 Å². The molecular formula is C17H18F2N2O4S. The van der Waals surface area contributed by atoms with E-state index >= 15 is 0 Å². The van der Waals surface area contributed by atoms with Crippen LogP contribution in [0.4, 0.5) is 8.78 Å². The van der Waals surface area contributed by atoms with Crippen LogP contribution in [0.2, 0.25) is 0 Å². The zero-order chi connectivity index (χ0) is 19.5. The minimum absolute atomic E-state index is 0.0480. The van der Waals surface area contributed by atoms with Crippen molar-refractivity contribution in [2.24, 2.45) is 5.14 Å². The summed E-state index contributed by atoms with van der Waals surface area (Å²) < 4.78 is 52.6. The molecule has 2 rings (SSSR count). The Morgan fingerprint density at radius 1 is 1.23 bits per heavy atom. The Kier molecular flexibility index (Phi) is 5.94. The lowest BCUT2D eigenvalue weighted by atomic mass is 10.1. The molecule has 0 bridgehead atoms. The van der Waals surface area contributed by atoms with Crippen LogP contribution < -0.4 is 15.2 Å². The van der Waals surface area contributed by atoms with Crippen LogP contribution in [-0.4, -0.2) is 20.9 Å². The van der Waals surface area contributed by atoms with Gasteiger partial charge in [-0.2, -0.15) is 8.78 Å². The number of halogens is 2. The fourth-order valence-electron chi connectivity index (χ4n) is 2.39. The number of para-hydroxylation sites is 1. The molecule has 0 aliphatic rings. The van der Waals surface area contributed by atoms with Gasteiger partial charge in [-0.05, 0) is 43.2 Å². The molecule has 0 aliphatic carbocycles. The first-order chi connectivity index (χ1) is 12.1. The Morgan fingerprint density at radius 3 is 2.50 bits per heavy atom. The summed E-state index contributed by atoms with van der Waals surface area (Å²) in [6.07, 6.45) is 0. The lowest BCUT2D eigenvalue weighted by Crippen LogP contribution is -2.24. The Labute approximate surface area is 150 Å². The van der Waals surface area contributed by atoms with Gasteiger partial charge in [0.25, 0.3) is 5.91 Å². The molecule has 3 N–H and O–H groups in total. The van der Waals surface area contributed by atoms with Crippen molar-refractivity contribution in [3.8, 4) is 5.75 Å². The normalized spacial score (nSPS) is 11.5. The van der Waals surface area contributed by atoms with E-state index in [0.29, 0.717) is 16.7 Å². The van der Waals surface area contributed by atoms with Crippen LogP contribution in [-0.2, 0) is 16.6 Å². The molecule has 0 aromatic heterocycles. The van der Waals surface area contributed by atoms with Gasteiger partial charge in [0.15, 0.2) is 0 Å². The molecule has 140 valence electrons. The van der Waals surface area contributed by atoms with Gasteiger partial charge in [-0.25, -0.2) is 13.6 Å². The number of carbonyl (C=O) groups excluding carboxylic acids is 1. The monoisotopic (exact) mass is 384 g/mol. The maximum atomic E-state index is 12.4. The molecular weight excluding hydrogens is 366 g/mol. The molecule has 9 heteroatoms. The van der Waals surface area contributed by atoms with Gasteiger partial charge < -0.3 is 10.1 Å². The van der Waals surface area contributed by atoms with Crippen LogP contribution in [0.1, 0.15) is 27.0 Å². The summed E-state index contributed by atoms with van der Waals surface area (Å²) in [5, 5.41) is 7.73. The molecule has 2 aromatic rings. The Hall–Kier alpha value is -2.52. The highest BCUT2D eigenvalue weighted by atomic mass is 32.2. The van der Waals surface area contributed by atoms with Crippen LogP contribution in [0.5, 0.6) is 5.75 Å². The summed E-state index contributed by atoms with van der Waals surface area (Å²) in [5.41, 5.74) is 1.50. The molecule has 6 nitrogen and oxygen atoms in total. The van der Waals surface area contributed by atoms with Gasteiger partial charge in [0, 0.05) is 17.7 Å². The smallest absolute Gasteiger partial charge is 0.387 e. The first-order valence-corrected chi connectivity index (χ1v) is 9.09. The number of nitrogens with two attached hydrogens (primary N) is 1. The van der Waals surface area contributed by atoms with Gasteiger partial charge >= 0.3 is 6.61 Å². The Bertz CT molecular complexity index is 930. The van der Waals surface area contributed by atoms with E-state index in [-0.39, 0.29) is 22.8 Å². The molecule has 0 fully saturated rings. The zero-order valence-corrected chi connectivity index (χ0v) is 14.9. The molecule has 0 spiro atoms. The summed E-state index contributed by atoms with van der Waals surface area (Å²) in [6.45, 7) is 0.199. The predicted molar refractivity (Wildman–Crippen MR) is 91.5 cm³/mol. The second kappa shape index (κ2) is 7.79. The minimum Gasteiger partial charge on any atom is -0.434 e. The summed E-state index contributed by atoms with van der Waals surface area (Å²) >= 11 is 0. The number of primary sulfonamides is 1. The van der Waals surface area contributed by atoms with E-state index in [2.05, 4.69) is 10.1 Å². The summed E-state index contributed by atoms with van der Waals surface area (Å²) in [4.78, 5) is 12.2. The molecule has 0 unspecified atom stereocenters. The standard InChI is InChI=1S/C17H18F2N2O4S/c1-10-7-13(8-15(11(10)2)26(20,23)24)16(22)21-9-12-5-3-4-6-14(12)25-17(18)19/h3-8,17H,9H2,1-2H3,(H,21,22)(H2,20,23,24). The van der Waals surface area contributed by atoms with Crippen LogP contribution in [0.25, 0.3) is 0 Å². The second-order valence-electron chi connectivity index (χ2n) is 5.63. The van der Waals surface area contributed by atoms with Crippen LogP contribution in [0, 0.1) is 13.8 Å². The lowest BCUT2D eigenvalue weighted by Gasteiger charge is -2.13. The highest BCUT2D eigenvalue weighted by Gasteiger charge is 2.18. The van der Waals surface area contributed by atoms with Crippen molar-refractivity contribution in [1.29, 1.82) is 0 Å². The number of benzene rings is 2. The summed E-state index contributed by atoms with van der Waals surface area (Å²) in [6, 6.07) is 8.77. The number of alkyl halides is 2. The van der Waals surface area contributed by atoms with E-state index in [1.807, 2.05) is 0 Å². The van der Waals surface area contributed by atoms with Crippen molar-refractivity contribution in [2.45, 2.75) is 31.9 Å². The lowest BCUT2D eigenvalue weighted by molar-refractivity contribution is -0.0504. The van der Waals surface area contributed by atoms with Crippen molar-refractivity contribution in [1.82, 2.24) is 5.32 Å². The Morgan fingerprint density at radius 2 is 1.88 bits per heavy atom. The molecule has 0 saturated carbocycles. The van der Waals surface area contributed by atoms with Crippen molar-refractivity contribution in [2.75, 3.05) is 0 Å². The van der Waals surface area contributed by atoms with E-state index in [9.17, 15) is 22.0 Å². The third-order valence-corrected chi connectivity index (χ3v) is 4.85. The average molecular weight is 384 g/mol. The van der Waals surface area contributed by atoms with Gasteiger partial charge in [-0.3, -0.25) is 4.79 Å². The highest BCUT2D eigenvalue weighted by Crippen LogP contribution is 2.22. The third-order valence-electron chi connectivity index (χ3n) is 3.82. The zero-order valence-electron chi connectivity index (χ0n) is 14.1. The summed E-state index contributed by atoms with van der Waals surface area (Å²) in [7, 11) is -3.98. The van der Waals surface area contributed by atoms with E-state index < -0.39 is 22.5 Å². The SMILES string of the molecule is Cc1cc(C(=O)NCc2ccccc2OC(F)F)cc(S(N)(=O)=O)c1C. The quantitative estimate of drug-likeness (QED) is 0.799. The maximum Gasteiger partial charge on any atom is 0.387 e. The number of nitrogens with one attached hydrogen (secondary N) is 1. The first-order valence-electron chi connectivity index (χ1n) is 7.54. The van der Waals surface area contributed by atoms with Crippen LogP contribution >= 0.6 is 0 Å². The number of hydrogen-bond donors (Lipinski definition) is 2. The van der Waals surface area contributed by atoms with Crippen molar-refractivity contribution in [3.05, 3.63) is 58.7 Å². The number of sulfonamides is 1. The molecule has 0 atom stereocenters. The molecule has 0 radical (unpaired) electrons. The van der Waals surface area contributed by atoms with Crippen molar-refractivity contribution >= 4 is 15.9 Å². The van der Waals surface area contributed by atoms with Gasteiger partial charge in [-0.15, -0.1) is 0 Å². The van der Waals surface area contributed by atoms with E-state index in [4.69, 9.17) is 5.14 Å². The number of carbonyl (C=O) groups is 1. The average Bonchev–Trinajstić information content (AvgIpc) is 2.54. The topological polar surface area (TPSA) is 98.5 Å². The number of rotatable bonds is 6. The van der Waals surface area contributed by atoms with Gasteiger partial charge in [0.05, 0.1) is 4.90 Å². The fraction of sp³-hybridized carbons (Fsp3) is 0.235. The van der Waals surface area contributed by atoms with Gasteiger partial charge in [0.1, 0.15) is 5.75 Å². The fourth-order valence-corrected chi connectivity index (χ4v) is 3.27. The number of hydrogen-bond acceptors (Lipinski definition) is 4. The van der Waals surface area contributed by atoms with Crippen molar-refractivity contribution in [3.63, 3.8) is 0 Å². The van der Waals surface area contributed by atoms with E-state index in [0.717, 1.165) is 0 Å². The summed E-state index contributed by atoms with van der Waals surface area (Å²) in [5.74, 6) is -0.613. The first kappa shape index (κ1) is 19.8. The van der Waals surface area contributed by atoms with Crippen molar-refractivity contribution < 1.29 is 26.7 Å². The third kappa shape index (κ3) is 4.77. The molecule has 0 heterocycles. The predicted octanol–water partition coefficient (Wildman–Crippen LogP) is 2.48. The molecule has 0 aliphatic heterocycles. The Balaban J connectivity index is 2.23. The number of aryl methyl sites for hydroxylation is 1. The largest absolute Gasteiger partial charge is 0.434 e. The van der Waals surface area contributed by atoms with Crippen LogP contribution in [0.15, 0.2) is 41.3 Å². The highest BCUT2D eigenvalue weighted by molar-refractivity contribution is 7.89. The second-order valence-corrected chi connectivity index (χ2v) is 7.16. The number of amides is 1.